The second kappa shape index (κ2) is 5.44. The Balaban J connectivity index is 4.32. The molecule has 5 nitrogen and oxygen atoms in total. The lowest BCUT2D eigenvalue weighted by Gasteiger charge is -2.26. The van der Waals surface area contributed by atoms with Gasteiger partial charge in [-0.3, -0.25) is 4.79 Å². The SMILES string of the molecule is C[C@@H](C(O)CO)[C@H](N)C(=O)OC(C)(C)C. The predicted molar refractivity (Wildman–Crippen MR) is 56.1 cm³/mol. The minimum Gasteiger partial charge on any atom is -0.459 e. The van der Waals surface area contributed by atoms with Crippen LogP contribution in [0.15, 0.2) is 0 Å². The van der Waals surface area contributed by atoms with Gasteiger partial charge in [0, 0.05) is 5.92 Å². The molecule has 1 unspecified atom stereocenters. The third-order valence-corrected chi connectivity index (χ3v) is 2.04. The number of rotatable bonds is 4. The molecule has 3 atom stereocenters. The third kappa shape index (κ3) is 5.11. The summed E-state index contributed by atoms with van der Waals surface area (Å²) >= 11 is 0. The van der Waals surface area contributed by atoms with Gasteiger partial charge in [-0.15, -0.1) is 0 Å². The van der Waals surface area contributed by atoms with Crippen LogP contribution in [0.3, 0.4) is 0 Å². The number of ether oxygens (including phenoxy) is 1. The number of aliphatic hydroxyl groups excluding tert-OH is 2. The molecule has 0 radical (unpaired) electrons. The smallest absolute Gasteiger partial charge is 0.323 e. The lowest BCUT2D eigenvalue weighted by Crippen LogP contribution is -2.46. The zero-order valence-corrected chi connectivity index (χ0v) is 9.73. The Morgan fingerprint density at radius 2 is 1.93 bits per heavy atom. The molecule has 5 heteroatoms. The molecule has 0 aliphatic carbocycles. The molecule has 0 saturated carbocycles. The van der Waals surface area contributed by atoms with Crippen molar-refractivity contribution in [1.82, 2.24) is 0 Å². The van der Waals surface area contributed by atoms with E-state index in [-0.39, 0.29) is 0 Å². The van der Waals surface area contributed by atoms with Crippen LogP contribution in [0.25, 0.3) is 0 Å². The summed E-state index contributed by atoms with van der Waals surface area (Å²) in [5.41, 5.74) is 5.00. The Morgan fingerprint density at radius 3 is 2.27 bits per heavy atom. The summed E-state index contributed by atoms with van der Waals surface area (Å²) in [4.78, 5) is 11.5. The summed E-state index contributed by atoms with van der Waals surface area (Å²) in [5.74, 6) is -1.10. The Morgan fingerprint density at radius 1 is 1.47 bits per heavy atom. The van der Waals surface area contributed by atoms with Gasteiger partial charge in [-0.25, -0.2) is 0 Å². The van der Waals surface area contributed by atoms with Gasteiger partial charge in [0.05, 0.1) is 12.7 Å². The standard InChI is InChI=1S/C10H21NO4/c1-6(7(13)5-12)8(11)9(14)15-10(2,3)4/h6-8,12-13H,5,11H2,1-4H3/t6-,7?,8-/m0/s1. The van der Waals surface area contributed by atoms with Gasteiger partial charge in [0.1, 0.15) is 11.6 Å². The quantitative estimate of drug-likeness (QED) is 0.562. The van der Waals surface area contributed by atoms with Crippen LogP contribution in [0.2, 0.25) is 0 Å². The maximum absolute atomic E-state index is 11.5. The first kappa shape index (κ1) is 14.3. The Labute approximate surface area is 90.2 Å². The maximum atomic E-state index is 11.5. The highest BCUT2D eigenvalue weighted by molar-refractivity contribution is 5.76. The molecule has 15 heavy (non-hydrogen) atoms. The van der Waals surface area contributed by atoms with Crippen molar-refractivity contribution in [3.05, 3.63) is 0 Å². The fourth-order valence-corrected chi connectivity index (χ4v) is 0.990. The number of aliphatic hydroxyl groups is 2. The Bertz CT molecular complexity index is 212. The van der Waals surface area contributed by atoms with E-state index in [2.05, 4.69) is 0 Å². The third-order valence-electron chi connectivity index (χ3n) is 2.04. The first-order chi connectivity index (χ1) is 6.69. The van der Waals surface area contributed by atoms with Gasteiger partial charge >= 0.3 is 5.97 Å². The van der Waals surface area contributed by atoms with Crippen molar-refractivity contribution in [3.8, 4) is 0 Å². The van der Waals surface area contributed by atoms with Gasteiger partial charge in [-0.2, -0.15) is 0 Å². The lowest BCUT2D eigenvalue weighted by molar-refractivity contribution is -0.159. The minimum atomic E-state index is -1.01. The van der Waals surface area contributed by atoms with E-state index in [0.29, 0.717) is 0 Å². The highest BCUT2D eigenvalue weighted by Gasteiger charge is 2.30. The first-order valence-corrected chi connectivity index (χ1v) is 4.96. The molecule has 0 heterocycles. The van der Waals surface area contributed by atoms with E-state index < -0.39 is 36.2 Å². The van der Waals surface area contributed by atoms with Crippen LogP contribution < -0.4 is 5.73 Å². The van der Waals surface area contributed by atoms with Crippen LogP contribution in [0.4, 0.5) is 0 Å². The zero-order chi connectivity index (χ0) is 12.2. The normalized spacial score (nSPS) is 18.1. The van der Waals surface area contributed by atoms with Gasteiger partial charge in [0.25, 0.3) is 0 Å². The highest BCUT2D eigenvalue weighted by Crippen LogP contribution is 2.13. The largest absolute Gasteiger partial charge is 0.459 e. The molecule has 90 valence electrons. The Hall–Kier alpha value is -0.650. The molecule has 0 aromatic heterocycles. The van der Waals surface area contributed by atoms with E-state index in [1.165, 1.54) is 0 Å². The van der Waals surface area contributed by atoms with Crippen molar-refractivity contribution in [1.29, 1.82) is 0 Å². The van der Waals surface area contributed by atoms with Crippen LogP contribution >= 0.6 is 0 Å². The summed E-state index contributed by atoms with van der Waals surface area (Å²) in [6.45, 7) is 6.40. The molecule has 0 bridgehead atoms. The Kier molecular flexibility index (Phi) is 5.20. The van der Waals surface area contributed by atoms with Crippen molar-refractivity contribution in [2.75, 3.05) is 6.61 Å². The van der Waals surface area contributed by atoms with E-state index in [1.54, 1.807) is 27.7 Å². The van der Waals surface area contributed by atoms with Crippen LogP contribution in [0, 0.1) is 5.92 Å². The van der Waals surface area contributed by atoms with E-state index in [0.717, 1.165) is 0 Å². The number of nitrogens with two attached hydrogens (primary N) is 1. The number of hydrogen-bond donors (Lipinski definition) is 3. The van der Waals surface area contributed by atoms with Crippen LogP contribution in [-0.2, 0) is 9.53 Å². The van der Waals surface area contributed by atoms with Gasteiger partial charge < -0.3 is 20.7 Å². The molecule has 0 fully saturated rings. The number of hydrogen-bond acceptors (Lipinski definition) is 5. The molecule has 0 amide bonds. The average Bonchev–Trinajstić information content (AvgIpc) is 2.11. The lowest BCUT2D eigenvalue weighted by atomic mass is 9.96. The van der Waals surface area contributed by atoms with Gasteiger partial charge in [0.15, 0.2) is 0 Å². The molecular formula is C10H21NO4. The van der Waals surface area contributed by atoms with E-state index in [9.17, 15) is 9.90 Å². The molecule has 0 aromatic rings. The zero-order valence-electron chi connectivity index (χ0n) is 9.73. The average molecular weight is 219 g/mol. The highest BCUT2D eigenvalue weighted by atomic mass is 16.6. The molecule has 0 spiro atoms. The van der Waals surface area contributed by atoms with Crippen LogP contribution in [-0.4, -0.2) is 40.5 Å². The topological polar surface area (TPSA) is 92.8 Å². The van der Waals surface area contributed by atoms with Crippen molar-refractivity contribution < 1.29 is 19.7 Å². The maximum Gasteiger partial charge on any atom is 0.323 e. The molecule has 4 N–H and O–H groups in total. The molecule has 0 aliphatic heterocycles. The predicted octanol–water partition coefficient (Wildman–Crippen LogP) is -0.355. The van der Waals surface area contributed by atoms with E-state index in [4.69, 9.17) is 15.6 Å². The fourth-order valence-electron chi connectivity index (χ4n) is 0.990. The molecular weight excluding hydrogens is 198 g/mol. The molecule has 0 aromatic carbocycles. The van der Waals surface area contributed by atoms with Crippen molar-refractivity contribution in [2.45, 2.75) is 45.4 Å². The minimum absolute atomic E-state index is 0.419. The molecule has 0 saturated heterocycles. The van der Waals surface area contributed by atoms with E-state index in [1.807, 2.05) is 0 Å². The van der Waals surface area contributed by atoms with E-state index >= 15 is 0 Å². The molecule has 0 rings (SSSR count). The summed E-state index contributed by atoms with van der Waals surface area (Å²) < 4.78 is 5.06. The number of carbonyl (C=O) groups excluding carboxylic acids is 1. The van der Waals surface area contributed by atoms with Crippen LogP contribution in [0.1, 0.15) is 27.7 Å². The van der Waals surface area contributed by atoms with Crippen molar-refractivity contribution in [3.63, 3.8) is 0 Å². The van der Waals surface area contributed by atoms with Crippen molar-refractivity contribution in [2.24, 2.45) is 11.7 Å². The van der Waals surface area contributed by atoms with Gasteiger partial charge in [-0.1, -0.05) is 6.92 Å². The number of esters is 1. The van der Waals surface area contributed by atoms with Crippen LogP contribution in [0.5, 0.6) is 0 Å². The number of carbonyl (C=O) groups is 1. The monoisotopic (exact) mass is 219 g/mol. The summed E-state index contributed by atoms with van der Waals surface area (Å²) in [6.07, 6.45) is -1.01. The van der Waals surface area contributed by atoms with Gasteiger partial charge in [0.2, 0.25) is 0 Å². The first-order valence-electron chi connectivity index (χ1n) is 4.96. The fraction of sp³-hybridized carbons (Fsp3) is 0.900. The second-order valence-corrected chi connectivity index (χ2v) is 4.67. The molecule has 0 aliphatic rings. The second-order valence-electron chi connectivity index (χ2n) is 4.67. The summed E-state index contributed by atoms with van der Waals surface area (Å²) in [5, 5.41) is 18.0. The van der Waals surface area contributed by atoms with Crippen molar-refractivity contribution >= 4 is 5.97 Å². The summed E-state index contributed by atoms with van der Waals surface area (Å²) in [6, 6.07) is -0.925. The van der Waals surface area contributed by atoms with Gasteiger partial charge in [-0.05, 0) is 20.8 Å². The summed E-state index contributed by atoms with van der Waals surface area (Å²) in [7, 11) is 0.